The van der Waals surface area contributed by atoms with Crippen LogP contribution in [0, 0.1) is 0 Å². The van der Waals surface area contributed by atoms with Crippen LogP contribution in [-0.2, 0) is 0 Å². The minimum atomic E-state index is -0.187. The number of fused-ring (bicyclic) bond motifs is 2. The molecule has 0 radical (unpaired) electrons. The molecule has 5 aromatic rings. The molecule has 0 saturated carbocycles. The Balaban J connectivity index is 1.64. The monoisotopic (exact) mass is 436 g/mol. The van der Waals surface area contributed by atoms with Gasteiger partial charge in [0.1, 0.15) is 11.3 Å². The number of rotatable bonds is 6. The summed E-state index contributed by atoms with van der Waals surface area (Å²) in [7, 11) is 1.65. The first-order chi connectivity index (χ1) is 16.2. The summed E-state index contributed by atoms with van der Waals surface area (Å²) in [5.41, 5.74) is 2.04. The largest absolute Gasteiger partial charge is 0.494 e. The van der Waals surface area contributed by atoms with Gasteiger partial charge >= 0.3 is 0 Å². The number of imide groups is 1. The third kappa shape index (κ3) is 2.68. The molecule has 1 aliphatic heterocycles. The molecule has 0 bridgehead atoms. The molecule has 0 fully saturated rings. The van der Waals surface area contributed by atoms with Crippen molar-refractivity contribution in [1.29, 1.82) is 0 Å². The molecule has 0 saturated heterocycles. The lowest BCUT2D eigenvalue weighted by atomic mass is 9.85. The summed E-state index contributed by atoms with van der Waals surface area (Å²) in [6, 6.07) is 13.8. The van der Waals surface area contributed by atoms with E-state index in [0.717, 1.165) is 74.7 Å². The molecule has 1 aromatic heterocycles. The van der Waals surface area contributed by atoms with E-state index in [1.807, 2.05) is 42.5 Å². The van der Waals surface area contributed by atoms with Crippen molar-refractivity contribution in [3.8, 4) is 5.75 Å². The van der Waals surface area contributed by atoms with Crippen LogP contribution in [0.4, 0.5) is 0 Å². The predicted molar refractivity (Wildman–Crippen MR) is 132 cm³/mol. The first kappa shape index (κ1) is 19.9. The minimum absolute atomic E-state index is 0.187. The van der Waals surface area contributed by atoms with Gasteiger partial charge in [0.25, 0.3) is 11.8 Å². The highest BCUT2D eigenvalue weighted by Gasteiger charge is 2.33. The van der Waals surface area contributed by atoms with Crippen LogP contribution in [0.15, 0.2) is 48.7 Å². The van der Waals surface area contributed by atoms with Crippen molar-refractivity contribution in [3.63, 3.8) is 0 Å². The number of carbonyl (C=O) groups excluding carboxylic acids is 2. The van der Waals surface area contributed by atoms with E-state index in [9.17, 15) is 9.59 Å². The number of methoxy groups -OCH3 is 1. The van der Waals surface area contributed by atoms with Gasteiger partial charge in [-0.25, -0.2) is 0 Å². The molecule has 2 heterocycles. The van der Waals surface area contributed by atoms with Gasteiger partial charge < -0.3 is 4.74 Å². The Labute approximate surface area is 191 Å². The second-order valence-corrected chi connectivity index (χ2v) is 8.79. The highest BCUT2D eigenvalue weighted by Crippen LogP contribution is 2.44. The van der Waals surface area contributed by atoms with E-state index in [0.29, 0.717) is 17.7 Å². The average Bonchev–Trinajstić information content (AvgIpc) is 2.85. The Morgan fingerprint density at radius 3 is 2.06 bits per heavy atom. The van der Waals surface area contributed by atoms with Crippen LogP contribution in [0.1, 0.15) is 53.3 Å². The summed E-state index contributed by atoms with van der Waals surface area (Å²) in [5.74, 6) is 0.356. The quantitative estimate of drug-likeness (QED) is 0.135. The number of aromatic nitrogens is 1. The second-order valence-electron chi connectivity index (χ2n) is 8.79. The molecule has 2 amide bonds. The first-order valence-electron chi connectivity index (χ1n) is 11.6. The van der Waals surface area contributed by atoms with Crippen LogP contribution in [0.2, 0.25) is 0 Å². The zero-order chi connectivity index (χ0) is 22.7. The van der Waals surface area contributed by atoms with Gasteiger partial charge in [-0.05, 0) is 63.7 Å². The van der Waals surface area contributed by atoms with Crippen molar-refractivity contribution >= 4 is 55.0 Å². The minimum Gasteiger partial charge on any atom is -0.494 e. The zero-order valence-electron chi connectivity index (χ0n) is 18.8. The number of benzene rings is 4. The SMILES string of the molecule is CCCCCCN1C(=O)c2ccc3c4ccnc5c(OC)ccc(c6ccc(c2c36)C1=O)c54. The number of unbranched alkanes of at least 4 members (excludes halogenated alkanes) is 3. The molecule has 0 atom stereocenters. The van der Waals surface area contributed by atoms with E-state index >= 15 is 0 Å². The molecule has 0 aliphatic carbocycles. The van der Waals surface area contributed by atoms with Gasteiger partial charge in [-0.2, -0.15) is 0 Å². The summed E-state index contributed by atoms with van der Waals surface area (Å²) >= 11 is 0. The average molecular weight is 437 g/mol. The van der Waals surface area contributed by atoms with Crippen molar-refractivity contribution in [1.82, 2.24) is 9.88 Å². The van der Waals surface area contributed by atoms with Crippen LogP contribution in [-0.4, -0.2) is 35.4 Å². The highest BCUT2D eigenvalue weighted by atomic mass is 16.5. The lowest BCUT2D eigenvalue weighted by Crippen LogP contribution is -2.40. The summed E-state index contributed by atoms with van der Waals surface area (Å²) < 4.78 is 5.56. The molecular formula is C28H24N2O3. The number of amides is 2. The van der Waals surface area contributed by atoms with E-state index < -0.39 is 0 Å². The smallest absolute Gasteiger partial charge is 0.261 e. The fourth-order valence-corrected chi connectivity index (χ4v) is 5.44. The van der Waals surface area contributed by atoms with Gasteiger partial charge in [0, 0.05) is 34.6 Å². The molecule has 4 aromatic carbocycles. The van der Waals surface area contributed by atoms with Crippen LogP contribution in [0.5, 0.6) is 5.75 Å². The Bertz CT molecular complexity index is 1520. The normalized spacial score (nSPS) is 13.8. The summed E-state index contributed by atoms with van der Waals surface area (Å²) in [5, 5.41) is 6.93. The number of carbonyl (C=O) groups is 2. The summed E-state index contributed by atoms with van der Waals surface area (Å²) in [4.78, 5) is 32.8. The van der Waals surface area contributed by atoms with Crippen molar-refractivity contribution in [2.45, 2.75) is 32.6 Å². The second kappa shape index (κ2) is 7.41. The third-order valence-corrected chi connectivity index (χ3v) is 7.00. The Kier molecular flexibility index (Phi) is 4.47. The van der Waals surface area contributed by atoms with Crippen LogP contribution in [0.25, 0.3) is 43.2 Å². The van der Waals surface area contributed by atoms with Crippen molar-refractivity contribution in [2.75, 3.05) is 13.7 Å². The maximum atomic E-state index is 13.4. The summed E-state index contributed by atoms with van der Waals surface area (Å²) in [6.07, 6.45) is 5.87. The number of ether oxygens (including phenoxy) is 1. The van der Waals surface area contributed by atoms with Crippen molar-refractivity contribution in [3.05, 3.63) is 59.8 Å². The lowest BCUT2D eigenvalue weighted by Gasteiger charge is -2.28. The topological polar surface area (TPSA) is 59.5 Å². The first-order valence-corrected chi connectivity index (χ1v) is 11.6. The number of pyridine rings is 1. The van der Waals surface area contributed by atoms with Gasteiger partial charge in [-0.3, -0.25) is 19.5 Å². The maximum absolute atomic E-state index is 13.4. The molecule has 6 rings (SSSR count). The standard InChI is InChI=1S/C28H24N2O3/c1-3-4-5-6-15-30-27(31)20-9-7-16-18-11-12-22(33-2)26-25(18)19(13-14-29-26)17-8-10-21(28(30)32)24(20)23(16)17/h7-14H,3-6,15H2,1-2H3. The van der Waals surface area contributed by atoms with Crippen LogP contribution in [0.3, 0.4) is 0 Å². The summed E-state index contributed by atoms with van der Waals surface area (Å²) in [6.45, 7) is 2.62. The lowest BCUT2D eigenvalue weighted by molar-refractivity contribution is 0.0608. The molecule has 1 aliphatic rings. The van der Waals surface area contributed by atoms with Gasteiger partial charge in [0.15, 0.2) is 0 Å². The van der Waals surface area contributed by atoms with Gasteiger partial charge in [0.05, 0.1) is 7.11 Å². The van der Waals surface area contributed by atoms with Gasteiger partial charge in [0.2, 0.25) is 0 Å². The molecule has 5 heteroatoms. The number of nitrogens with zero attached hydrogens (tertiary/aromatic N) is 2. The van der Waals surface area contributed by atoms with Gasteiger partial charge in [-0.1, -0.05) is 38.3 Å². The molecule has 164 valence electrons. The maximum Gasteiger partial charge on any atom is 0.261 e. The van der Waals surface area contributed by atoms with Crippen LogP contribution >= 0.6 is 0 Å². The van der Waals surface area contributed by atoms with E-state index in [-0.39, 0.29) is 11.8 Å². The Hall–Kier alpha value is -3.73. The zero-order valence-corrected chi connectivity index (χ0v) is 18.8. The van der Waals surface area contributed by atoms with Crippen molar-refractivity contribution < 1.29 is 14.3 Å². The molecule has 33 heavy (non-hydrogen) atoms. The molecular weight excluding hydrogens is 412 g/mol. The van der Waals surface area contributed by atoms with E-state index in [4.69, 9.17) is 4.74 Å². The van der Waals surface area contributed by atoms with E-state index in [1.54, 1.807) is 13.3 Å². The number of hydrogen-bond acceptors (Lipinski definition) is 4. The molecule has 0 spiro atoms. The highest BCUT2D eigenvalue weighted by molar-refractivity contribution is 6.38. The fraction of sp³-hybridized carbons (Fsp3) is 0.250. The number of hydrogen-bond donors (Lipinski definition) is 0. The molecule has 0 unspecified atom stereocenters. The van der Waals surface area contributed by atoms with E-state index in [1.165, 1.54) is 4.90 Å². The molecule has 0 N–H and O–H groups in total. The predicted octanol–water partition coefficient (Wildman–Crippen LogP) is 6.32. The Morgan fingerprint density at radius 1 is 0.758 bits per heavy atom. The van der Waals surface area contributed by atoms with Crippen molar-refractivity contribution in [2.24, 2.45) is 0 Å². The Morgan fingerprint density at radius 2 is 1.39 bits per heavy atom. The molecule has 5 nitrogen and oxygen atoms in total. The van der Waals surface area contributed by atoms with E-state index in [2.05, 4.69) is 11.9 Å². The fourth-order valence-electron chi connectivity index (χ4n) is 5.44. The van der Waals surface area contributed by atoms with Gasteiger partial charge in [-0.15, -0.1) is 0 Å². The third-order valence-electron chi connectivity index (χ3n) is 7.00. The van der Waals surface area contributed by atoms with Crippen LogP contribution < -0.4 is 4.74 Å².